The molecule has 0 aliphatic rings. The summed E-state index contributed by atoms with van der Waals surface area (Å²) in [7, 11) is 0. The minimum absolute atomic E-state index is 0.0407. The van der Waals surface area contributed by atoms with Gasteiger partial charge in [-0.25, -0.2) is 4.39 Å². The molecule has 6 heteroatoms. The zero-order valence-corrected chi connectivity index (χ0v) is 17.4. The molecule has 156 valence electrons. The van der Waals surface area contributed by atoms with Crippen LogP contribution in [-0.2, 0) is 22.6 Å². The minimum Gasteiger partial charge on any atom is -0.484 e. The minimum atomic E-state index is -0.693. The van der Waals surface area contributed by atoms with Crippen LogP contribution in [0.1, 0.15) is 38.8 Å². The topological polar surface area (TPSA) is 58.6 Å². The second-order valence-corrected chi connectivity index (χ2v) is 7.27. The molecule has 2 rings (SSSR count). The summed E-state index contributed by atoms with van der Waals surface area (Å²) < 4.78 is 18.8. The third-order valence-corrected chi connectivity index (χ3v) is 4.56. The van der Waals surface area contributed by atoms with Gasteiger partial charge in [0.2, 0.25) is 5.91 Å². The second kappa shape index (κ2) is 10.6. The fourth-order valence-electron chi connectivity index (χ4n) is 2.82. The van der Waals surface area contributed by atoms with Crippen LogP contribution in [-0.4, -0.2) is 35.4 Å². The number of aryl methyl sites for hydroxylation is 1. The van der Waals surface area contributed by atoms with Crippen LogP contribution in [0.4, 0.5) is 4.39 Å². The van der Waals surface area contributed by atoms with Crippen molar-refractivity contribution < 1.29 is 18.7 Å². The smallest absolute Gasteiger partial charge is 0.261 e. The van der Waals surface area contributed by atoms with Gasteiger partial charge in [-0.3, -0.25) is 9.59 Å². The van der Waals surface area contributed by atoms with Gasteiger partial charge in [0.05, 0.1) is 0 Å². The lowest BCUT2D eigenvalue weighted by molar-refractivity contribution is -0.142. The van der Waals surface area contributed by atoms with E-state index in [4.69, 9.17) is 4.74 Å². The van der Waals surface area contributed by atoms with Gasteiger partial charge < -0.3 is 15.0 Å². The standard InChI is InChI=1S/C23H29FN2O3/c1-5-18-8-12-21(13-9-18)29-15-22(27)26(17(4)23(28)25-16(2)3)14-19-6-10-20(24)11-7-19/h6-13,16-17H,5,14-15H2,1-4H3,(H,25,28)/t17-/m1/s1. The molecule has 1 N–H and O–H groups in total. The SMILES string of the molecule is CCc1ccc(OCC(=O)N(Cc2ccc(F)cc2)[C@H](C)C(=O)NC(C)C)cc1. The zero-order valence-electron chi connectivity index (χ0n) is 17.4. The van der Waals surface area contributed by atoms with Crippen LogP contribution in [0.5, 0.6) is 5.75 Å². The van der Waals surface area contributed by atoms with E-state index >= 15 is 0 Å². The number of halogens is 1. The molecule has 5 nitrogen and oxygen atoms in total. The molecule has 0 saturated carbocycles. The molecule has 0 heterocycles. The lowest BCUT2D eigenvalue weighted by Gasteiger charge is -2.29. The van der Waals surface area contributed by atoms with Gasteiger partial charge in [0.25, 0.3) is 5.91 Å². The van der Waals surface area contributed by atoms with Gasteiger partial charge in [-0.05, 0) is 62.6 Å². The number of nitrogens with zero attached hydrogens (tertiary/aromatic N) is 1. The first kappa shape index (κ1) is 22.4. The van der Waals surface area contributed by atoms with Crippen LogP contribution in [0.15, 0.2) is 48.5 Å². The highest BCUT2D eigenvalue weighted by molar-refractivity contribution is 5.88. The van der Waals surface area contributed by atoms with Crippen molar-refractivity contribution in [2.75, 3.05) is 6.61 Å². The first-order chi connectivity index (χ1) is 13.8. The van der Waals surface area contributed by atoms with Gasteiger partial charge in [-0.2, -0.15) is 0 Å². The van der Waals surface area contributed by atoms with Crippen molar-refractivity contribution in [2.24, 2.45) is 0 Å². The Balaban J connectivity index is 2.11. The summed E-state index contributed by atoms with van der Waals surface area (Å²) in [4.78, 5) is 26.8. The molecule has 0 aliphatic heterocycles. The average molecular weight is 400 g/mol. The predicted octanol–water partition coefficient (Wildman–Crippen LogP) is 3.71. The van der Waals surface area contributed by atoms with E-state index in [1.54, 1.807) is 19.1 Å². The number of carbonyl (C=O) groups is 2. The lowest BCUT2D eigenvalue weighted by Crippen LogP contribution is -2.50. The third-order valence-electron chi connectivity index (χ3n) is 4.56. The quantitative estimate of drug-likeness (QED) is 0.698. The van der Waals surface area contributed by atoms with Gasteiger partial charge in [-0.1, -0.05) is 31.2 Å². The first-order valence-corrected chi connectivity index (χ1v) is 9.86. The van der Waals surface area contributed by atoms with Crippen LogP contribution >= 0.6 is 0 Å². The van der Waals surface area contributed by atoms with E-state index in [-0.39, 0.29) is 36.8 Å². The molecule has 0 aromatic heterocycles. The largest absolute Gasteiger partial charge is 0.484 e. The molecular weight excluding hydrogens is 371 g/mol. The Morgan fingerprint density at radius 1 is 1.00 bits per heavy atom. The molecule has 2 aromatic rings. The molecule has 0 spiro atoms. The Labute approximate surface area is 171 Å². The molecule has 0 bridgehead atoms. The highest BCUT2D eigenvalue weighted by atomic mass is 19.1. The molecule has 29 heavy (non-hydrogen) atoms. The number of hydrogen-bond acceptors (Lipinski definition) is 3. The van der Waals surface area contributed by atoms with E-state index in [0.717, 1.165) is 12.0 Å². The van der Waals surface area contributed by atoms with E-state index in [1.165, 1.54) is 22.6 Å². The molecule has 0 saturated heterocycles. The van der Waals surface area contributed by atoms with Crippen molar-refractivity contribution in [2.45, 2.75) is 52.7 Å². The van der Waals surface area contributed by atoms with Crippen LogP contribution in [0, 0.1) is 5.82 Å². The number of hydrogen-bond donors (Lipinski definition) is 1. The first-order valence-electron chi connectivity index (χ1n) is 9.86. The van der Waals surface area contributed by atoms with Gasteiger partial charge in [0.15, 0.2) is 6.61 Å². The molecule has 0 fully saturated rings. The summed E-state index contributed by atoms with van der Waals surface area (Å²) in [5.74, 6) is -0.323. The van der Waals surface area contributed by atoms with Crippen LogP contribution < -0.4 is 10.1 Å². The predicted molar refractivity (Wildman–Crippen MR) is 111 cm³/mol. The molecule has 0 unspecified atom stereocenters. The number of rotatable bonds is 9. The van der Waals surface area contributed by atoms with Crippen molar-refractivity contribution in [3.63, 3.8) is 0 Å². The number of carbonyl (C=O) groups excluding carboxylic acids is 2. The number of benzene rings is 2. The Morgan fingerprint density at radius 3 is 2.14 bits per heavy atom. The van der Waals surface area contributed by atoms with E-state index in [0.29, 0.717) is 5.75 Å². The van der Waals surface area contributed by atoms with Gasteiger partial charge in [-0.15, -0.1) is 0 Å². The summed E-state index contributed by atoms with van der Waals surface area (Å²) in [6, 6.07) is 12.7. The Hall–Kier alpha value is -2.89. The monoisotopic (exact) mass is 400 g/mol. The average Bonchev–Trinajstić information content (AvgIpc) is 2.71. The van der Waals surface area contributed by atoms with Crippen LogP contribution in [0.25, 0.3) is 0 Å². The Bertz CT molecular complexity index is 804. The molecule has 1 atom stereocenters. The van der Waals surface area contributed by atoms with E-state index in [9.17, 15) is 14.0 Å². The Kier molecular flexibility index (Phi) is 8.19. The highest BCUT2D eigenvalue weighted by Crippen LogP contribution is 2.15. The van der Waals surface area contributed by atoms with Crippen molar-refractivity contribution in [3.8, 4) is 5.75 Å². The van der Waals surface area contributed by atoms with Gasteiger partial charge in [0, 0.05) is 12.6 Å². The number of ether oxygens (including phenoxy) is 1. The second-order valence-electron chi connectivity index (χ2n) is 7.27. The summed E-state index contributed by atoms with van der Waals surface area (Å²) in [5.41, 5.74) is 1.91. The van der Waals surface area contributed by atoms with Gasteiger partial charge in [0.1, 0.15) is 17.6 Å². The van der Waals surface area contributed by atoms with E-state index < -0.39 is 6.04 Å². The maximum absolute atomic E-state index is 13.2. The summed E-state index contributed by atoms with van der Waals surface area (Å²) >= 11 is 0. The van der Waals surface area contributed by atoms with Crippen LogP contribution in [0.3, 0.4) is 0 Å². The van der Waals surface area contributed by atoms with Crippen molar-refractivity contribution in [3.05, 3.63) is 65.5 Å². The number of nitrogens with one attached hydrogen (secondary N) is 1. The molecule has 2 amide bonds. The number of amides is 2. The van der Waals surface area contributed by atoms with Crippen molar-refractivity contribution in [1.82, 2.24) is 10.2 Å². The summed E-state index contributed by atoms with van der Waals surface area (Å²) in [6.07, 6.45) is 0.924. The summed E-state index contributed by atoms with van der Waals surface area (Å²) in [5, 5.41) is 2.83. The van der Waals surface area contributed by atoms with Crippen molar-refractivity contribution in [1.29, 1.82) is 0 Å². The van der Waals surface area contributed by atoms with Gasteiger partial charge >= 0.3 is 0 Å². The third kappa shape index (κ3) is 6.89. The molecule has 0 radical (unpaired) electrons. The van der Waals surface area contributed by atoms with E-state index in [2.05, 4.69) is 12.2 Å². The zero-order chi connectivity index (χ0) is 21.4. The lowest BCUT2D eigenvalue weighted by atomic mass is 10.1. The molecule has 0 aliphatic carbocycles. The van der Waals surface area contributed by atoms with Crippen LogP contribution in [0.2, 0.25) is 0 Å². The normalized spacial score (nSPS) is 11.8. The molecule has 2 aromatic carbocycles. The summed E-state index contributed by atoms with van der Waals surface area (Å²) in [6.45, 7) is 7.46. The highest BCUT2D eigenvalue weighted by Gasteiger charge is 2.26. The van der Waals surface area contributed by atoms with E-state index in [1.807, 2.05) is 38.1 Å². The Morgan fingerprint density at radius 2 is 1.59 bits per heavy atom. The maximum atomic E-state index is 13.2. The molecular formula is C23H29FN2O3. The fourth-order valence-corrected chi connectivity index (χ4v) is 2.82. The fraction of sp³-hybridized carbons (Fsp3) is 0.391. The maximum Gasteiger partial charge on any atom is 0.261 e. The van der Waals surface area contributed by atoms with Crippen molar-refractivity contribution >= 4 is 11.8 Å².